The van der Waals surface area contributed by atoms with Crippen molar-refractivity contribution in [2.75, 3.05) is 12.4 Å². The van der Waals surface area contributed by atoms with Gasteiger partial charge in [-0.3, -0.25) is 9.59 Å². The number of thioether (sulfide) groups is 1. The van der Waals surface area contributed by atoms with Gasteiger partial charge < -0.3 is 9.84 Å². The second kappa shape index (κ2) is 10.4. The first kappa shape index (κ1) is 16.3. The molecule has 17 heavy (non-hydrogen) atoms. The first-order valence-electron chi connectivity index (χ1n) is 6.05. The second-order valence-corrected chi connectivity index (χ2v) is 5.44. The van der Waals surface area contributed by atoms with Crippen molar-refractivity contribution in [3.05, 3.63) is 0 Å². The van der Waals surface area contributed by atoms with Crippen molar-refractivity contribution in [3.8, 4) is 0 Å². The molecule has 5 heteroatoms. The van der Waals surface area contributed by atoms with Crippen molar-refractivity contribution in [2.45, 2.75) is 51.2 Å². The van der Waals surface area contributed by atoms with E-state index in [1.54, 1.807) is 18.7 Å². The van der Waals surface area contributed by atoms with Gasteiger partial charge in [0, 0.05) is 11.7 Å². The average Bonchev–Trinajstić information content (AvgIpc) is 2.22. The number of carboxylic acid groups (broad SMARTS) is 1. The van der Waals surface area contributed by atoms with Crippen LogP contribution in [0.3, 0.4) is 0 Å². The van der Waals surface area contributed by atoms with Crippen LogP contribution < -0.4 is 0 Å². The number of hydrogen-bond acceptors (Lipinski definition) is 4. The zero-order chi connectivity index (χ0) is 13.1. The second-order valence-electron chi connectivity index (χ2n) is 3.89. The topological polar surface area (TPSA) is 63.6 Å². The van der Waals surface area contributed by atoms with Crippen molar-refractivity contribution < 1.29 is 19.4 Å². The van der Waals surface area contributed by atoms with Crippen LogP contribution in [-0.4, -0.2) is 34.7 Å². The highest BCUT2D eigenvalue weighted by Crippen LogP contribution is 2.16. The molecule has 0 aromatic heterocycles. The largest absolute Gasteiger partial charge is 0.481 e. The van der Waals surface area contributed by atoms with Crippen molar-refractivity contribution in [3.63, 3.8) is 0 Å². The van der Waals surface area contributed by atoms with Gasteiger partial charge in [-0.15, -0.1) is 0 Å². The maximum atomic E-state index is 11.0. The lowest BCUT2D eigenvalue weighted by Crippen LogP contribution is -2.06. The summed E-state index contributed by atoms with van der Waals surface area (Å²) in [5.74, 6) is 0.0868. The zero-order valence-electron chi connectivity index (χ0n) is 10.6. The fraction of sp³-hybridized carbons (Fsp3) is 0.833. The number of aliphatic carboxylic acids is 1. The molecule has 1 atom stereocenters. The minimum Gasteiger partial charge on any atom is -0.481 e. The lowest BCUT2D eigenvalue weighted by atomic mass is 10.2. The molecule has 4 nitrogen and oxygen atoms in total. The summed E-state index contributed by atoms with van der Waals surface area (Å²) >= 11 is 1.68. The van der Waals surface area contributed by atoms with Crippen molar-refractivity contribution in [1.29, 1.82) is 0 Å². The van der Waals surface area contributed by atoms with E-state index in [2.05, 4.69) is 0 Å². The van der Waals surface area contributed by atoms with Crippen molar-refractivity contribution in [2.24, 2.45) is 0 Å². The predicted octanol–water partition coefficient (Wildman–Crippen LogP) is 2.71. The van der Waals surface area contributed by atoms with Gasteiger partial charge >= 0.3 is 11.9 Å². The van der Waals surface area contributed by atoms with Crippen LogP contribution in [0.1, 0.15) is 46.0 Å². The summed E-state index contributed by atoms with van der Waals surface area (Å²) in [6, 6.07) is 0. The van der Waals surface area contributed by atoms with E-state index in [1.807, 2.05) is 6.92 Å². The van der Waals surface area contributed by atoms with Crippen LogP contribution in [0.5, 0.6) is 0 Å². The third kappa shape index (κ3) is 11.6. The van der Waals surface area contributed by atoms with Crippen molar-refractivity contribution >= 4 is 23.7 Å². The average molecular weight is 262 g/mol. The maximum Gasteiger partial charge on any atom is 0.305 e. The van der Waals surface area contributed by atoms with Gasteiger partial charge in [0.1, 0.15) is 0 Å². The lowest BCUT2D eigenvalue weighted by Gasteiger charge is -2.07. The highest BCUT2D eigenvalue weighted by molar-refractivity contribution is 7.99. The van der Waals surface area contributed by atoms with E-state index in [9.17, 15) is 9.59 Å². The minimum absolute atomic E-state index is 0.126. The molecule has 0 saturated carbocycles. The van der Waals surface area contributed by atoms with E-state index in [-0.39, 0.29) is 17.6 Å². The fourth-order valence-electron chi connectivity index (χ4n) is 1.37. The van der Waals surface area contributed by atoms with E-state index >= 15 is 0 Å². The van der Waals surface area contributed by atoms with Gasteiger partial charge in [0.25, 0.3) is 0 Å². The lowest BCUT2D eigenvalue weighted by molar-refractivity contribution is -0.143. The van der Waals surface area contributed by atoms with Crippen LogP contribution in [0, 0.1) is 0 Å². The zero-order valence-corrected chi connectivity index (χ0v) is 11.4. The summed E-state index contributed by atoms with van der Waals surface area (Å²) in [4.78, 5) is 21.4. The van der Waals surface area contributed by atoms with Gasteiger partial charge in [-0.1, -0.05) is 13.3 Å². The van der Waals surface area contributed by atoms with Gasteiger partial charge in [-0.2, -0.15) is 11.8 Å². The first-order chi connectivity index (χ1) is 8.06. The molecule has 0 aliphatic rings. The Morgan fingerprint density at radius 2 is 2.00 bits per heavy atom. The summed E-state index contributed by atoms with van der Waals surface area (Å²) in [7, 11) is 0. The SMILES string of the molecule is CCOC(=O)CCCCCSC(C)CC(=O)O. The third-order valence-electron chi connectivity index (χ3n) is 2.20. The Balaban J connectivity index is 3.29. The van der Waals surface area contributed by atoms with E-state index in [1.165, 1.54) is 0 Å². The molecule has 0 bridgehead atoms. The van der Waals surface area contributed by atoms with E-state index in [4.69, 9.17) is 9.84 Å². The predicted molar refractivity (Wildman–Crippen MR) is 69.3 cm³/mol. The van der Waals surface area contributed by atoms with Crippen molar-refractivity contribution in [1.82, 2.24) is 0 Å². The standard InChI is InChI=1S/C12H22O4S/c1-3-16-12(15)7-5-4-6-8-17-10(2)9-11(13)14/h10H,3-9H2,1-2H3,(H,13,14). The van der Waals surface area contributed by atoms with Crippen LogP contribution in [0.2, 0.25) is 0 Å². The van der Waals surface area contributed by atoms with E-state index in [0.717, 1.165) is 25.0 Å². The normalized spacial score (nSPS) is 12.1. The first-order valence-corrected chi connectivity index (χ1v) is 7.10. The molecule has 0 saturated heterocycles. The smallest absolute Gasteiger partial charge is 0.305 e. The van der Waals surface area contributed by atoms with Crippen LogP contribution in [0.25, 0.3) is 0 Å². The molecule has 0 aliphatic heterocycles. The summed E-state index contributed by atoms with van der Waals surface area (Å²) in [6.45, 7) is 4.18. The Kier molecular flexibility index (Phi) is 10.0. The van der Waals surface area contributed by atoms with Gasteiger partial charge in [0.2, 0.25) is 0 Å². The van der Waals surface area contributed by atoms with Crippen LogP contribution >= 0.6 is 11.8 Å². The molecule has 0 fully saturated rings. The molecule has 0 radical (unpaired) electrons. The Hall–Kier alpha value is -0.710. The molecule has 0 amide bonds. The fourth-order valence-corrected chi connectivity index (χ4v) is 2.40. The molecule has 0 aliphatic carbocycles. The Morgan fingerprint density at radius 3 is 2.59 bits per heavy atom. The van der Waals surface area contributed by atoms with Gasteiger partial charge in [0.05, 0.1) is 13.0 Å². The van der Waals surface area contributed by atoms with Crippen LogP contribution in [0.15, 0.2) is 0 Å². The highest BCUT2D eigenvalue weighted by atomic mass is 32.2. The molecule has 0 aromatic rings. The summed E-state index contributed by atoms with van der Waals surface area (Å²) in [5.41, 5.74) is 0. The molecule has 1 N–H and O–H groups in total. The van der Waals surface area contributed by atoms with Crippen LogP contribution in [-0.2, 0) is 14.3 Å². The summed E-state index contributed by atoms with van der Waals surface area (Å²) < 4.78 is 4.82. The Bertz CT molecular complexity index is 231. The summed E-state index contributed by atoms with van der Waals surface area (Å²) in [5, 5.41) is 8.74. The van der Waals surface area contributed by atoms with Crippen LogP contribution in [0.4, 0.5) is 0 Å². The number of esters is 1. The molecule has 1 unspecified atom stereocenters. The number of carbonyl (C=O) groups excluding carboxylic acids is 1. The van der Waals surface area contributed by atoms with Gasteiger partial charge in [-0.25, -0.2) is 0 Å². The highest BCUT2D eigenvalue weighted by Gasteiger charge is 2.07. The Morgan fingerprint density at radius 1 is 1.29 bits per heavy atom. The molecule has 0 aromatic carbocycles. The van der Waals surface area contributed by atoms with E-state index in [0.29, 0.717) is 13.0 Å². The maximum absolute atomic E-state index is 11.0. The van der Waals surface area contributed by atoms with Gasteiger partial charge in [-0.05, 0) is 25.5 Å². The molecular formula is C12H22O4S. The molecule has 0 heterocycles. The quantitative estimate of drug-likeness (QED) is 0.484. The number of carbonyl (C=O) groups is 2. The number of ether oxygens (including phenoxy) is 1. The monoisotopic (exact) mass is 262 g/mol. The molecule has 0 spiro atoms. The number of unbranched alkanes of at least 4 members (excludes halogenated alkanes) is 2. The molecular weight excluding hydrogens is 240 g/mol. The minimum atomic E-state index is -0.743. The third-order valence-corrected chi connectivity index (χ3v) is 3.46. The molecule has 100 valence electrons. The number of hydrogen-bond donors (Lipinski definition) is 1. The summed E-state index contributed by atoms with van der Waals surface area (Å²) in [6.07, 6.45) is 3.57. The number of carboxylic acids is 1. The number of rotatable bonds is 10. The Labute approximate surface area is 107 Å². The van der Waals surface area contributed by atoms with E-state index < -0.39 is 5.97 Å². The molecule has 0 rings (SSSR count). The van der Waals surface area contributed by atoms with Gasteiger partial charge in [0.15, 0.2) is 0 Å².